The Morgan fingerprint density at radius 2 is 1.77 bits per heavy atom. The molecule has 0 saturated carbocycles. The number of unbranched alkanes of at least 4 members (excludes halogenated alkanes) is 5. The molecule has 1 aromatic rings. The standard InChI is InChI=1S/C18H28BrNO2/c1-2-3-4-5-6-7-13-20-18(21)15-16-8-10-17(11-9-16)22-14-12-19/h8-11H,2-7,12-15H2,1H3,(H,20,21). The lowest BCUT2D eigenvalue weighted by Gasteiger charge is -2.07. The van der Waals surface area contributed by atoms with Crippen molar-refractivity contribution in [2.45, 2.75) is 51.9 Å². The summed E-state index contributed by atoms with van der Waals surface area (Å²) in [7, 11) is 0. The van der Waals surface area contributed by atoms with Crippen LogP contribution in [-0.4, -0.2) is 24.4 Å². The van der Waals surface area contributed by atoms with Crippen molar-refractivity contribution in [3.8, 4) is 5.75 Å². The normalized spacial score (nSPS) is 10.5. The second-order valence-corrected chi connectivity index (χ2v) is 6.27. The van der Waals surface area contributed by atoms with Crippen LogP contribution in [0.3, 0.4) is 0 Å². The van der Waals surface area contributed by atoms with Gasteiger partial charge in [0.15, 0.2) is 0 Å². The minimum absolute atomic E-state index is 0.0997. The molecule has 4 heteroatoms. The lowest BCUT2D eigenvalue weighted by atomic mass is 10.1. The summed E-state index contributed by atoms with van der Waals surface area (Å²) < 4.78 is 5.49. The van der Waals surface area contributed by atoms with Gasteiger partial charge in [0.05, 0.1) is 13.0 Å². The van der Waals surface area contributed by atoms with Crippen molar-refractivity contribution in [3.63, 3.8) is 0 Å². The van der Waals surface area contributed by atoms with Crippen molar-refractivity contribution in [3.05, 3.63) is 29.8 Å². The molecule has 0 heterocycles. The molecule has 1 aromatic carbocycles. The van der Waals surface area contributed by atoms with Crippen LogP contribution in [0, 0.1) is 0 Å². The van der Waals surface area contributed by atoms with Crippen LogP contribution >= 0.6 is 15.9 Å². The van der Waals surface area contributed by atoms with Crippen LogP contribution in [0.1, 0.15) is 51.0 Å². The summed E-state index contributed by atoms with van der Waals surface area (Å²) in [4.78, 5) is 11.9. The largest absolute Gasteiger partial charge is 0.493 e. The maximum absolute atomic E-state index is 11.9. The minimum atomic E-state index is 0.0997. The molecule has 1 amide bonds. The number of hydrogen-bond donors (Lipinski definition) is 1. The number of ether oxygens (including phenoxy) is 1. The van der Waals surface area contributed by atoms with Gasteiger partial charge in [0.1, 0.15) is 5.75 Å². The fourth-order valence-corrected chi connectivity index (χ4v) is 2.40. The molecular weight excluding hydrogens is 342 g/mol. The number of halogens is 1. The van der Waals surface area contributed by atoms with Crippen LogP contribution in [-0.2, 0) is 11.2 Å². The van der Waals surface area contributed by atoms with E-state index in [1.807, 2.05) is 24.3 Å². The Kier molecular flexibility index (Phi) is 10.8. The molecule has 0 radical (unpaired) electrons. The van der Waals surface area contributed by atoms with Gasteiger partial charge in [-0.3, -0.25) is 4.79 Å². The summed E-state index contributed by atoms with van der Waals surface area (Å²) in [6, 6.07) is 7.74. The van der Waals surface area contributed by atoms with Gasteiger partial charge >= 0.3 is 0 Å². The van der Waals surface area contributed by atoms with Crippen molar-refractivity contribution in [1.29, 1.82) is 0 Å². The highest BCUT2D eigenvalue weighted by atomic mass is 79.9. The minimum Gasteiger partial charge on any atom is -0.493 e. The molecule has 0 atom stereocenters. The smallest absolute Gasteiger partial charge is 0.224 e. The van der Waals surface area contributed by atoms with E-state index in [1.165, 1.54) is 32.1 Å². The van der Waals surface area contributed by atoms with E-state index >= 15 is 0 Å². The summed E-state index contributed by atoms with van der Waals surface area (Å²) in [6.07, 6.45) is 7.91. The van der Waals surface area contributed by atoms with Gasteiger partial charge in [-0.1, -0.05) is 67.1 Å². The Bertz CT molecular complexity index is 406. The van der Waals surface area contributed by atoms with Crippen molar-refractivity contribution in [2.24, 2.45) is 0 Å². The van der Waals surface area contributed by atoms with Crippen molar-refractivity contribution in [2.75, 3.05) is 18.5 Å². The predicted molar refractivity (Wildman–Crippen MR) is 95.8 cm³/mol. The Balaban J connectivity index is 2.13. The molecular formula is C18H28BrNO2. The van der Waals surface area contributed by atoms with E-state index < -0.39 is 0 Å². The summed E-state index contributed by atoms with van der Waals surface area (Å²) >= 11 is 3.32. The molecule has 0 spiro atoms. The van der Waals surface area contributed by atoms with Crippen molar-refractivity contribution >= 4 is 21.8 Å². The fourth-order valence-electron chi connectivity index (χ4n) is 2.24. The number of carbonyl (C=O) groups is 1. The zero-order chi connectivity index (χ0) is 16.0. The monoisotopic (exact) mass is 369 g/mol. The number of hydrogen-bond acceptors (Lipinski definition) is 2. The lowest BCUT2D eigenvalue weighted by Crippen LogP contribution is -2.26. The van der Waals surface area contributed by atoms with Crippen LogP contribution < -0.4 is 10.1 Å². The second kappa shape index (κ2) is 12.5. The Labute approximate surface area is 143 Å². The summed E-state index contributed by atoms with van der Waals surface area (Å²) in [5, 5.41) is 3.81. The highest BCUT2D eigenvalue weighted by Crippen LogP contribution is 2.12. The van der Waals surface area contributed by atoms with Gasteiger partial charge in [-0.05, 0) is 24.1 Å². The van der Waals surface area contributed by atoms with E-state index in [4.69, 9.17) is 4.74 Å². The Morgan fingerprint density at radius 1 is 1.09 bits per heavy atom. The summed E-state index contributed by atoms with van der Waals surface area (Å²) in [5.41, 5.74) is 1.02. The number of alkyl halides is 1. The van der Waals surface area contributed by atoms with E-state index in [1.54, 1.807) is 0 Å². The summed E-state index contributed by atoms with van der Waals surface area (Å²) in [5.74, 6) is 0.943. The number of benzene rings is 1. The first kappa shape index (κ1) is 19.0. The maximum Gasteiger partial charge on any atom is 0.224 e. The van der Waals surface area contributed by atoms with Crippen LogP contribution in [0.25, 0.3) is 0 Å². The molecule has 0 aliphatic rings. The van der Waals surface area contributed by atoms with Gasteiger partial charge in [-0.25, -0.2) is 0 Å². The third-order valence-corrected chi connectivity index (χ3v) is 3.81. The molecule has 0 aromatic heterocycles. The molecule has 124 valence electrons. The average molecular weight is 370 g/mol. The molecule has 0 aliphatic carbocycles. The quantitative estimate of drug-likeness (QED) is 0.435. The van der Waals surface area contributed by atoms with Crippen LogP contribution in [0.4, 0.5) is 0 Å². The third kappa shape index (κ3) is 9.08. The lowest BCUT2D eigenvalue weighted by molar-refractivity contribution is -0.120. The van der Waals surface area contributed by atoms with Gasteiger partial charge in [0, 0.05) is 11.9 Å². The van der Waals surface area contributed by atoms with Gasteiger partial charge in [-0.2, -0.15) is 0 Å². The van der Waals surface area contributed by atoms with Crippen molar-refractivity contribution < 1.29 is 9.53 Å². The third-order valence-electron chi connectivity index (χ3n) is 3.49. The number of amides is 1. The van der Waals surface area contributed by atoms with Gasteiger partial charge in [-0.15, -0.1) is 0 Å². The molecule has 22 heavy (non-hydrogen) atoms. The van der Waals surface area contributed by atoms with Crippen molar-refractivity contribution in [1.82, 2.24) is 5.32 Å². The van der Waals surface area contributed by atoms with E-state index in [0.29, 0.717) is 13.0 Å². The van der Waals surface area contributed by atoms with Gasteiger partial charge < -0.3 is 10.1 Å². The van der Waals surface area contributed by atoms with Gasteiger partial charge in [0.2, 0.25) is 5.91 Å². The van der Waals surface area contributed by atoms with Gasteiger partial charge in [0.25, 0.3) is 0 Å². The van der Waals surface area contributed by atoms with E-state index in [9.17, 15) is 4.79 Å². The Morgan fingerprint density at radius 3 is 2.45 bits per heavy atom. The second-order valence-electron chi connectivity index (χ2n) is 5.48. The summed E-state index contributed by atoms with van der Waals surface area (Å²) in [6.45, 7) is 3.66. The zero-order valence-corrected chi connectivity index (χ0v) is 15.2. The zero-order valence-electron chi connectivity index (χ0n) is 13.6. The molecule has 0 saturated heterocycles. The highest BCUT2D eigenvalue weighted by Gasteiger charge is 2.03. The van der Waals surface area contributed by atoms with E-state index in [0.717, 1.165) is 29.6 Å². The van der Waals surface area contributed by atoms with Crippen LogP contribution in [0.15, 0.2) is 24.3 Å². The average Bonchev–Trinajstić information content (AvgIpc) is 2.53. The first-order valence-corrected chi connectivity index (χ1v) is 9.42. The van der Waals surface area contributed by atoms with Crippen LogP contribution in [0.5, 0.6) is 5.75 Å². The topological polar surface area (TPSA) is 38.3 Å². The molecule has 0 aliphatic heterocycles. The molecule has 0 unspecified atom stereocenters. The molecule has 3 nitrogen and oxygen atoms in total. The van der Waals surface area contributed by atoms with Crippen LogP contribution in [0.2, 0.25) is 0 Å². The highest BCUT2D eigenvalue weighted by molar-refractivity contribution is 9.09. The molecule has 0 bridgehead atoms. The number of carbonyl (C=O) groups excluding carboxylic acids is 1. The predicted octanol–water partition coefficient (Wildman–Crippen LogP) is 4.48. The Hall–Kier alpha value is -1.03. The molecule has 0 fully saturated rings. The maximum atomic E-state index is 11.9. The molecule has 1 N–H and O–H groups in total. The first-order valence-electron chi connectivity index (χ1n) is 8.30. The van der Waals surface area contributed by atoms with E-state index in [-0.39, 0.29) is 5.91 Å². The first-order chi connectivity index (χ1) is 10.8. The molecule has 1 rings (SSSR count). The van der Waals surface area contributed by atoms with E-state index in [2.05, 4.69) is 28.2 Å². The number of nitrogens with one attached hydrogen (secondary N) is 1. The fraction of sp³-hybridized carbons (Fsp3) is 0.611. The number of rotatable bonds is 12. The SMILES string of the molecule is CCCCCCCCNC(=O)Cc1ccc(OCCBr)cc1.